The third kappa shape index (κ3) is 3.43. The third-order valence-electron chi connectivity index (χ3n) is 3.25. The fraction of sp³-hybridized carbons (Fsp3) is 0.417. The van der Waals surface area contributed by atoms with Crippen molar-refractivity contribution in [2.45, 2.75) is 10.9 Å². The van der Waals surface area contributed by atoms with Gasteiger partial charge in [0.15, 0.2) is 0 Å². The summed E-state index contributed by atoms with van der Waals surface area (Å²) in [5.41, 5.74) is 6.53. The standard InChI is InChI=1S/C12H18N4O4S/c1-15-12(17)11-7-20-3-2-16(11)9-4-8(13)5-10(6-9)21(14,18)19/h4-6,11H,2-3,7,13H2,1H3,(H,15,17)(H2,14,18,19). The maximum absolute atomic E-state index is 11.9. The molecule has 0 spiro atoms. The highest BCUT2D eigenvalue weighted by molar-refractivity contribution is 7.89. The van der Waals surface area contributed by atoms with Gasteiger partial charge in [-0.05, 0) is 18.2 Å². The van der Waals surface area contributed by atoms with Crippen molar-refractivity contribution in [2.24, 2.45) is 5.14 Å². The molecule has 21 heavy (non-hydrogen) atoms. The minimum Gasteiger partial charge on any atom is -0.399 e. The van der Waals surface area contributed by atoms with Crippen LogP contribution in [0.1, 0.15) is 0 Å². The molecule has 0 aromatic heterocycles. The van der Waals surface area contributed by atoms with E-state index in [1.54, 1.807) is 11.0 Å². The minimum atomic E-state index is -3.87. The SMILES string of the molecule is CNC(=O)C1COCCN1c1cc(N)cc(S(N)(=O)=O)c1. The molecule has 0 bridgehead atoms. The van der Waals surface area contributed by atoms with E-state index in [1.807, 2.05) is 0 Å². The zero-order valence-corrected chi connectivity index (χ0v) is 12.4. The van der Waals surface area contributed by atoms with Crippen LogP contribution in [0, 0.1) is 0 Å². The zero-order valence-electron chi connectivity index (χ0n) is 11.6. The van der Waals surface area contributed by atoms with Crippen molar-refractivity contribution >= 4 is 27.3 Å². The lowest BCUT2D eigenvalue weighted by Gasteiger charge is -2.36. The Hall–Kier alpha value is -1.84. The van der Waals surface area contributed by atoms with E-state index in [9.17, 15) is 13.2 Å². The Kier molecular flexibility index (Phi) is 4.35. The average molecular weight is 314 g/mol. The summed E-state index contributed by atoms with van der Waals surface area (Å²) in [6, 6.07) is 3.76. The van der Waals surface area contributed by atoms with E-state index in [0.29, 0.717) is 18.8 Å². The van der Waals surface area contributed by atoms with Gasteiger partial charge in [0.1, 0.15) is 6.04 Å². The van der Waals surface area contributed by atoms with Crippen molar-refractivity contribution in [1.29, 1.82) is 0 Å². The number of hydrogen-bond acceptors (Lipinski definition) is 6. The van der Waals surface area contributed by atoms with Crippen molar-refractivity contribution < 1.29 is 17.9 Å². The first-order valence-electron chi connectivity index (χ1n) is 6.32. The van der Waals surface area contributed by atoms with Crippen LogP contribution in [0.4, 0.5) is 11.4 Å². The topological polar surface area (TPSA) is 128 Å². The Morgan fingerprint density at radius 2 is 2.14 bits per heavy atom. The van der Waals surface area contributed by atoms with Gasteiger partial charge in [-0.25, -0.2) is 13.6 Å². The summed E-state index contributed by atoms with van der Waals surface area (Å²) in [6.07, 6.45) is 0. The molecule has 1 amide bonds. The van der Waals surface area contributed by atoms with Gasteiger partial charge in [0.25, 0.3) is 0 Å². The number of morpholine rings is 1. The number of rotatable bonds is 3. The number of sulfonamides is 1. The van der Waals surface area contributed by atoms with E-state index in [1.165, 1.54) is 19.2 Å². The number of hydrogen-bond donors (Lipinski definition) is 3. The maximum atomic E-state index is 11.9. The molecule has 116 valence electrons. The number of primary sulfonamides is 1. The maximum Gasteiger partial charge on any atom is 0.244 e. The van der Waals surface area contributed by atoms with Gasteiger partial charge in [0.2, 0.25) is 15.9 Å². The van der Waals surface area contributed by atoms with E-state index in [-0.39, 0.29) is 23.1 Å². The van der Waals surface area contributed by atoms with Crippen molar-refractivity contribution in [3.63, 3.8) is 0 Å². The number of amides is 1. The summed E-state index contributed by atoms with van der Waals surface area (Å²) < 4.78 is 28.3. The first-order chi connectivity index (χ1) is 9.82. The predicted molar refractivity (Wildman–Crippen MR) is 78.2 cm³/mol. The monoisotopic (exact) mass is 314 g/mol. The molecule has 1 aliphatic heterocycles. The number of carbonyl (C=O) groups excluding carboxylic acids is 1. The molecule has 0 aliphatic carbocycles. The van der Waals surface area contributed by atoms with E-state index < -0.39 is 16.1 Å². The Bertz CT molecular complexity index is 647. The van der Waals surface area contributed by atoms with Crippen molar-refractivity contribution in [3.05, 3.63) is 18.2 Å². The molecule has 8 nitrogen and oxygen atoms in total. The van der Waals surface area contributed by atoms with Crippen LogP contribution in [0.5, 0.6) is 0 Å². The number of carbonyl (C=O) groups is 1. The first kappa shape index (κ1) is 15.5. The second kappa shape index (κ2) is 5.88. The Morgan fingerprint density at radius 1 is 1.43 bits per heavy atom. The molecule has 1 aliphatic rings. The molecule has 1 fully saturated rings. The van der Waals surface area contributed by atoms with E-state index in [2.05, 4.69) is 5.32 Å². The van der Waals surface area contributed by atoms with E-state index in [4.69, 9.17) is 15.6 Å². The fourth-order valence-corrected chi connectivity index (χ4v) is 2.82. The summed E-state index contributed by atoms with van der Waals surface area (Å²) >= 11 is 0. The molecule has 1 unspecified atom stereocenters. The number of ether oxygens (including phenoxy) is 1. The Balaban J connectivity index is 2.43. The van der Waals surface area contributed by atoms with Crippen LogP contribution in [0.25, 0.3) is 0 Å². The Labute approximate surface area is 123 Å². The summed E-state index contributed by atoms with van der Waals surface area (Å²) in [5.74, 6) is -0.214. The van der Waals surface area contributed by atoms with Crippen molar-refractivity contribution in [1.82, 2.24) is 5.32 Å². The normalized spacial score (nSPS) is 19.3. The summed E-state index contributed by atoms with van der Waals surface area (Å²) in [4.78, 5) is 13.6. The molecule has 9 heteroatoms. The van der Waals surface area contributed by atoms with Crippen LogP contribution >= 0.6 is 0 Å². The van der Waals surface area contributed by atoms with Crippen molar-refractivity contribution in [3.8, 4) is 0 Å². The number of nitrogen functional groups attached to an aromatic ring is 1. The molecule has 0 saturated carbocycles. The van der Waals surface area contributed by atoms with Gasteiger partial charge >= 0.3 is 0 Å². The molecule has 1 aromatic carbocycles. The summed E-state index contributed by atoms with van der Waals surface area (Å²) in [6.45, 7) is 1.11. The lowest BCUT2D eigenvalue weighted by atomic mass is 10.1. The molecule has 2 rings (SSSR count). The minimum absolute atomic E-state index is 0.0837. The number of nitrogens with one attached hydrogen (secondary N) is 1. The van der Waals surface area contributed by atoms with Gasteiger partial charge in [-0.15, -0.1) is 0 Å². The van der Waals surface area contributed by atoms with Gasteiger partial charge in [-0.2, -0.15) is 0 Å². The van der Waals surface area contributed by atoms with Crippen molar-refractivity contribution in [2.75, 3.05) is 37.4 Å². The van der Waals surface area contributed by atoms with Gasteiger partial charge in [-0.1, -0.05) is 0 Å². The number of nitrogens with two attached hydrogens (primary N) is 2. The zero-order chi connectivity index (χ0) is 15.6. The number of benzene rings is 1. The molecule has 1 saturated heterocycles. The third-order valence-corrected chi connectivity index (χ3v) is 4.14. The van der Waals surface area contributed by atoms with E-state index in [0.717, 1.165) is 0 Å². The molecular weight excluding hydrogens is 296 g/mol. The first-order valence-corrected chi connectivity index (χ1v) is 7.87. The molecule has 1 atom stereocenters. The molecule has 0 radical (unpaired) electrons. The highest BCUT2D eigenvalue weighted by Gasteiger charge is 2.29. The lowest BCUT2D eigenvalue weighted by molar-refractivity contribution is -0.124. The van der Waals surface area contributed by atoms with Gasteiger partial charge in [0, 0.05) is 25.0 Å². The highest BCUT2D eigenvalue weighted by atomic mass is 32.2. The predicted octanol–water partition coefficient (Wildman–Crippen LogP) is -1.13. The highest BCUT2D eigenvalue weighted by Crippen LogP contribution is 2.26. The summed E-state index contributed by atoms with van der Waals surface area (Å²) in [5, 5.41) is 7.70. The van der Waals surface area contributed by atoms with Crippen LogP contribution in [-0.2, 0) is 19.6 Å². The molecule has 1 aromatic rings. The van der Waals surface area contributed by atoms with Gasteiger partial charge in [-0.3, -0.25) is 4.79 Å². The number of likely N-dealkylation sites (N-methyl/N-ethyl adjacent to an activating group) is 1. The van der Waals surface area contributed by atoms with Crippen LogP contribution < -0.4 is 21.1 Å². The largest absolute Gasteiger partial charge is 0.399 e. The molecule has 1 heterocycles. The van der Waals surface area contributed by atoms with Gasteiger partial charge in [0.05, 0.1) is 18.1 Å². The van der Waals surface area contributed by atoms with Crippen LogP contribution in [0.2, 0.25) is 0 Å². The van der Waals surface area contributed by atoms with Crippen LogP contribution in [-0.4, -0.2) is 47.2 Å². The molecule has 5 N–H and O–H groups in total. The smallest absolute Gasteiger partial charge is 0.244 e. The number of nitrogens with zero attached hydrogens (tertiary/aromatic N) is 1. The lowest BCUT2D eigenvalue weighted by Crippen LogP contribution is -2.53. The van der Waals surface area contributed by atoms with Crippen LogP contribution in [0.15, 0.2) is 23.1 Å². The number of anilines is 2. The van der Waals surface area contributed by atoms with E-state index >= 15 is 0 Å². The summed E-state index contributed by atoms with van der Waals surface area (Å²) in [7, 11) is -2.34. The second-order valence-electron chi connectivity index (χ2n) is 4.70. The molecular formula is C12H18N4O4S. The Morgan fingerprint density at radius 3 is 2.76 bits per heavy atom. The fourth-order valence-electron chi connectivity index (χ4n) is 2.23. The second-order valence-corrected chi connectivity index (χ2v) is 6.27. The van der Waals surface area contributed by atoms with Crippen LogP contribution in [0.3, 0.4) is 0 Å². The quantitative estimate of drug-likeness (QED) is 0.606. The average Bonchev–Trinajstić information content (AvgIpc) is 2.45. The van der Waals surface area contributed by atoms with Gasteiger partial charge < -0.3 is 20.7 Å².